The Balaban J connectivity index is 1.94. The Labute approximate surface area is 130 Å². The fraction of sp³-hybridized carbons (Fsp3) is 0.375. The van der Waals surface area contributed by atoms with Crippen LogP contribution in [0.3, 0.4) is 0 Å². The van der Waals surface area contributed by atoms with Gasteiger partial charge in [-0.05, 0) is 32.4 Å². The molecule has 22 heavy (non-hydrogen) atoms. The molecule has 6 heteroatoms. The van der Waals surface area contributed by atoms with Crippen molar-refractivity contribution >= 4 is 11.8 Å². The van der Waals surface area contributed by atoms with Crippen molar-refractivity contribution < 1.29 is 9.53 Å². The monoisotopic (exact) mass is 302 g/mol. The fourth-order valence-corrected chi connectivity index (χ4v) is 2.04. The summed E-state index contributed by atoms with van der Waals surface area (Å²) < 4.78 is 6.95. The average molecular weight is 302 g/mol. The molecule has 0 unspecified atom stereocenters. The first-order chi connectivity index (χ1) is 10.7. The highest BCUT2D eigenvalue weighted by Crippen LogP contribution is 2.16. The Morgan fingerprint density at radius 3 is 2.82 bits per heavy atom. The van der Waals surface area contributed by atoms with Crippen LogP contribution in [-0.4, -0.2) is 35.6 Å². The maximum atomic E-state index is 11.9. The number of amides is 2. The smallest absolute Gasteiger partial charge is 0.320 e. The van der Waals surface area contributed by atoms with Gasteiger partial charge in [-0.1, -0.05) is 18.2 Å². The number of rotatable bonds is 7. The van der Waals surface area contributed by atoms with Crippen molar-refractivity contribution in [2.75, 3.05) is 25.1 Å². The molecule has 0 atom stereocenters. The molecular formula is C16H22N4O2. The number of para-hydroxylation sites is 1. The van der Waals surface area contributed by atoms with E-state index in [1.54, 1.807) is 4.68 Å². The van der Waals surface area contributed by atoms with Crippen LogP contribution in [0.15, 0.2) is 36.4 Å². The van der Waals surface area contributed by atoms with Crippen LogP contribution in [0.1, 0.15) is 19.0 Å². The van der Waals surface area contributed by atoms with E-state index in [1.807, 2.05) is 50.2 Å². The highest BCUT2D eigenvalue weighted by atomic mass is 16.5. The lowest BCUT2D eigenvalue weighted by molar-refractivity contribution is 0.145. The second-order valence-electron chi connectivity index (χ2n) is 4.85. The maximum absolute atomic E-state index is 11.9. The Hall–Kier alpha value is -2.34. The predicted octanol–water partition coefficient (Wildman–Crippen LogP) is 2.73. The van der Waals surface area contributed by atoms with Gasteiger partial charge in [0.25, 0.3) is 0 Å². The molecule has 0 aliphatic carbocycles. The largest absolute Gasteiger partial charge is 0.382 e. The van der Waals surface area contributed by atoms with Crippen LogP contribution in [0.2, 0.25) is 0 Å². The number of urea groups is 1. The minimum atomic E-state index is -0.242. The van der Waals surface area contributed by atoms with Crippen molar-refractivity contribution in [3.8, 4) is 5.69 Å². The van der Waals surface area contributed by atoms with Gasteiger partial charge < -0.3 is 10.1 Å². The number of hydrogen-bond donors (Lipinski definition) is 2. The number of hydrogen-bond acceptors (Lipinski definition) is 3. The quantitative estimate of drug-likeness (QED) is 0.773. The minimum absolute atomic E-state index is 0.242. The summed E-state index contributed by atoms with van der Waals surface area (Å²) in [6.45, 7) is 5.77. The number of aryl methyl sites for hydroxylation is 1. The lowest BCUT2D eigenvalue weighted by Gasteiger charge is -2.10. The Kier molecular flexibility index (Phi) is 5.97. The van der Waals surface area contributed by atoms with Crippen molar-refractivity contribution in [3.63, 3.8) is 0 Å². The van der Waals surface area contributed by atoms with Gasteiger partial charge in [-0.15, -0.1) is 0 Å². The number of nitrogens with zero attached hydrogens (tertiary/aromatic N) is 2. The van der Waals surface area contributed by atoms with Crippen LogP contribution >= 0.6 is 0 Å². The fourth-order valence-electron chi connectivity index (χ4n) is 2.04. The van der Waals surface area contributed by atoms with E-state index >= 15 is 0 Å². The van der Waals surface area contributed by atoms with E-state index in [0.29, 0.717) is 25.6 Å². The second-order valence-corrected chi connectivity index (χ2v) is 4.85. The first kappa shape index (κ1) is 16.0. The summed E-state index contributed by atoms with van der Waals surface area (Å²) in [5.74, 6) is 0.644. The van der Waals surface area contributed by atoms with E-state index in [-0.39, 0.29) is 6.03 Å². The molecule has 0 aliphatic heterocycles. The molecule has 1 aromatic heterocycles. The number of benzene rings is 1. The predicted molar refractivity (Wildman–Crippen MR) is 86.4 cm³/mol. The Morgan fingerprint density at radius 1 is 1.32 bits per heavy atom. The number of aromatic nitrogens is 2. The van der Waals surface area contributed by atoms with Gasteiger partial charge in [0.05, 0.1) is 11.4 Å². The van der Waals surface area contributed by atoms with Crippen molar-refractivity contribution in [2.45, 2.75) is 20.3 Å². The van der Waals surface area contributed by atoms with Gasteiger partial charge in [0.2, 0.25) is 0 Å². The Bertz CT molecular complexity index is 595. The molecule has 0 aliphatic rings. The molecule has 1 heterocycles. The highest BCUT2D eigenvalue weighted by Gasteiger charge is 2.10. The van der Waals surface area contributed by atoms with Crippen molar-refractivity contribution in [2.24, 2.45) is 0 Å². The molecule has 2 amide bonds. The zero-order valence-electron chi connectivity index (χ0n) is 13.0. The number of ether oxygens (including phenoxy) is 1. The molecule has 0 fully saturated rings. The number of anilines is 1. The van der Waals surface area contributed by atoms with Gasteiger partial charge in [-0.25, -0.2) is 9.48 Å². The zero-order chi connectivity index (χ0) is 15.8. The van der Waals surface area contributed by atoms with Crippen molar-refractivity contribution in [3.05, 3.63) is 42.1 Å². The van der Waals surface area contributed by atoms with Crippen molar-refractivity contribution in [1.82, 2.24) is 15.1 Å². The van der Waals surface area contributed by atoms with E-state index in [2.05, 4.69) is 15.7 Å². The molecule has 0 radical (unpaired) electrons. The van der Waals surface area contributed by atoms with E-state index in [9.17, 15) is 4.79 Å². The summed E-state index contributed by atoms with van der Waals surface area (Å²) >= 11 is 0. The van der Waals surface area contributed by atoms with Crippen molar-refractivity contribution in [1.29, 1.82) is 0 Å². The molecule has 6 nitrogen and oxygen atoms in total. The van der Waals surface area contributed by atoms with Crippen LogP contribution in [0.5, 0.6) is 0 Å². The normalized spacial score (nSPS) is 10.5. The molecule has 0 bridgehead atoms. The highest BCUT2D eigenvalue weighted by molar-refractivity contribution is 5.88. The third-order valence-electron chi connectivity index (χ3n) is 3.03. The summed E-state index contributed by atoms with van der Waals surface area (Å²) in [6.07, 6.45) is 0.790. The lowest BCUT2D eigenvalue weighted by atomic mass is 10.3. The second kappa shape index (κ2) is 8.19. The molecule has 0 spiro atoms. The maximum Gasteiger partial charge on any atom is 0.320 e. The molecule has 0 saturated carbocycles. The van der Waals surface area contributed by atoms with Gasteiger partial charge >= 0.3 is 6.03 Å². The lowest BCUT2D eigenvalue weighted by Crippen LogP contribution is -2.30. The van der Waals surface area contributed by atoms with Gasteiger partial charge in [0.15, 0.2) is 0 Å². The Morgan fingerprint density at radius 2 is 2.09 bits per heavy atom. The molecule has 1 aromatic carbocycles. The van der Waals surface area contributed by atoms with Crippen LogP contribution < -0.4 is 10.6 Å². The van der Waals surface area contributed by atoms with E-state index in [4.69, 9.17) is 4.74 Å². The summed E-state index contributed by atoms with van der Waals surface area (Å²) in [7, 11) is 0. The summed E-state index contributed by atoms with van der Waals surface area (Å²) in [5.41, 5.74) is 1.75. The molecule has 2 rings (SSSR count). The van der Waals surface area contributed by atoms with Gasteiger partial charge in [0, 0.05) is 25.8 Å². The molecule has 0 saturated heterocycles. The molecule has 2 aromatic rings. The molecule has 118 valence electrons. The van der Waals surface area contributed by atoms with Gasteiger partial charge in [0.1, 0.15) is 5.82 Å². The van der Waals surface area contributed by atoms with Gasteiger partial charge in [-0.3, -0.25) is 5.32 Å². The number of carbonyl (C=O) groups is 1. The van der Waals surface area contributed by atoms with Gasteiger partial charge in [-0.2, -0.15) is 5.10 Å². The average Bonchev–Trinajstić information content (AvgIpc) is 2.88. The van der Waals surface area contributed by atoms with Crippen LogP contribution in [0, 0.1) is 6.92 Å². The number of nitrogens with one attached hydrogen (secondary N) is 2. The first-order valence-electron chi connectivity index (χ1n) is 7.45. The number of carbonyl (C=O) groups excluding carboxylic acids is 1. The molecular weight excluding hydrogens is 280 g/mol. The zero-order valence-corrected chi connectivity index (χ0v) is 13.0. The van der Waals surface area contributed by atoms with Crippen LogP contribution in [0.4, 0.5) is 10.6 Å². The third-order valence-corrected chi connectivity index (χ3v) is 3.03. The summed E-state index contributed by atoms with van der Waals surface area (Å²) in [5, 5.41) is 10.0. The SMILES string of the molecule is CCOCCCNC(=O)Nc1cc(C)nn1-c1ccccc1. The molecule has 2 N–H and O–H groups in total. The third kappa shape index (κ3) is 4.60. The standard InChI is InChI=1S/C16H22N4O2/c1-3-22-11-7-10-17-16(21)18-15-12-13(2)19-20(15)14-8-5-4-6-9-14/h4-6,8-9,12H,3,7,10-11H2,1-2H3,(H2,17,18,21). The van der Waals surface area contributed by atoms with E-state index in [0.717, 1.165) is 17.8 Å². The summed E-state index contributed by atoms with van der Waals surface area (Å²) in [4.78, 5) is 11.9. The topological polar surface area (TPSA) is 68.2 Å². The minimum Gasteiger partial charge on any atom is -0.382 e. The van der Waals surface area contributed by atoms with E-state index in [1.165, 1.54) is 0 Å². The van der Waals surface area contributed by atoms with Crippen LogP contribution in [0.25, 0.3) is 5.69 Å². The van der Waals surface area contributed by atoms with E-state index < -0.39 is 0 Å². The van der Waals surface area contributed by atoms with Crippen LogP contribution in [-0.2, 0) is 4.74 Å². The summed E-state index contributed by atoms with van der Waals surface area (Å²) in [6, 6.07) is 11.3. The first-order valence-corrected chi connectivity index (χ1v) is 7.45.